The van der Waals surface area contributed by atoms with Crippen LogP contribution in [0.25, 0.3) is 21.8 Å². The fraction of sp³-hybridized carbons (Fsp3) is 0.250. The first-order valence-electron chi connectivity index (χ1n) is 10.5. The Balaban J connectivity index is 1.61. The van der Waals surface area contributed by atoms with E-state index in [0.717, 1.165) is 32.9 Å². The summed E-state index contributed by atoms with van der Waals surface area (Å²) >= 11 is 1.29. The van der Waals surface area contributed by atoms with E-state index in [4.69, 9.17) is 9.68 Å². The quantitative estimate of drug-likeness (QED) is 0.268. The first-order chi connectivity index (χ1) is 16.1. The minimum absolute atomic E-state index is 0.304. The minimum atomic E-state index is -0.568. The Morgan fingerprint density at radius 2 is 1.21 bits per heavy atom. The molecule has 2 amide bonds. The van der Waals surface area contributed by atoms with Crippen molar-refractivity contribution in [3.05, 3.63) is 72.1 Å². The van der Waals surface area contributed by atoms with Gasteiger partial charge in [0.05, 0.1) is 24.7 Å². The van der Waals surface area contributed by atoms with Gasteiger partial charge in [-0.05, 0) is 36.1 Å². The molecule has 0 aliphatic heterocycles. The number of fused-ring (bicyclic) bond motifs is 2. The molecule has 4 N–H and O–H groups in total. The summed E-state index contributed by atoms with van der Waals surface area (Å²) in [5.41, 5.74) is 8.84. The van der Waals surface area contributed by atoms with E-state index < -0.39 is 10.5 Å². The van der Waals surface area contributed by atoms with Gasteiger partial charge in [-0.25, -0.2) is 11.0 Å². The van der Waals surface area contributed by atoms with Gasteiger partial charge in [0.2, 0.25) is 0 Å². The highest BCUT2D eigenvalue weighted by Gasteiger charge is 2.30. The lowest BCUT2D eigenvalue weighted by molar-refractivity contribution is -0.130. The topological polar surface area (TPSA) is 108 Å². The molecule has 0 spiro atoms. The molecule has 0 radical (unpaired) electrons. The van der Waals surface area contributed by atoms with E-state index >= 15 is 0 Å². The molecule has 0 aliphatic carbocycles. The molecule has 4 aromatic rings. The van der Waals surface area contributed by atoms with Crippen molar-refractivity contribution < 1.29 is 19.3 Å². The zero-order chi connectivity index (χ0) is 23.2. The van der Waals surface area contributed by atoms with E-state index in [1.807, 2.05) is 60.9 Å². The maximum atomic E-state index is 12.9. The minimum Gasteiger partial charge on any atom is -0.361 e. The fourth-order valence-corrected chi connectivity index (χ4v) is 5.23. The van der Waals surface area contributed by atoms with Crippen molar-refractivity contribution in [2.75, 3.05) is 14.2 Å². The first kappa shape index (κ1) is 22.9. The van der Waals surface area contributed by atoms with Crippen molar-refractivity contribution in [2.45, 2.75) is 23.3 Å². The zero-order valence-corrected chi connectivity index (χ0v) is 19.2. The predicted octanol–water partition coefficient (Wildman–Crippen LogP) is 3.26. The Kier molecular flexibility index (Phi) is 7.33. The number of amides is 2. The standard InChI is InChI=1S/C24H26N4O4S/c1-31-27-23(29)21(11-15-13-25-19-9-5-3-7-17(15)19)33-22(24(30)28-32-2)12-16-14-26-20-10-6-4-8-18(16)20/h3-10,13-14,21-22,25-26H,11-12H2,1-2H3,(H,27,29)(H,28,30). The third-order valence-corrected chi connectivity index (χ3v) is 6.90. The van der Waals surface area contributed by atoms with Crippen molar-refractivity contribution in [3.8, 4) is 0 Å². The predicted molar refractivity (Wildman–Crippen MR) is 129 cm³/mol. The van der Waals surface area contributed by atoms with Crippen LogP contribution in [-0.2, 0) is 32.1 Å². The molecule has 4 rings (SSSR count). The van der Waals surface area contributed by atoms with E-state index in [-0.39, 0.29) is 11.8 Å². The summed E-state index contributed by atoms with van der Waals surface area (Å²) in [6, 6.07) is 15.8. The number of aromatic nitrogens is 2. The van der Waals surface area contributed by atoms with Gasteiger partial charge >= 0.3 is 0 Å². The molecule has 0 fully saturated rings. The third kappa shape index (κ3) is 5.22. The van der Waals surface area contributed by atoms with Crippen LogP contribution in [0.3, 0.4) is 0 Å². The van der Waals surface area contributed by atoms with Crippen LogP contribution in [-0.4, -0.2) is 46.5 Å². The normalized spacial score (nSPS) is 13.2. The highest BCUT2D eigenvalue weighted by atomic mass is 32.2. The van der Waals surface area contributed by atoms with Gasteiger partial charge in [0.25, 0.3) is 11.8 Å². The maximum Gasteiger partial charge on any atom is 0.256 e. The van der Waals surface area contributed by atoms with Crippen LogP contribution < -0.4 is 11.0 Å². The second-order valence-corrected chi connectivity index (χ2v) is 8.99. The summed E-state index contributed by atoms with van der Waals surface area (Å²) in [4.78, 5) is 42.1. The van der Waals surface area contributed by atoms with Crippen molar-refractivity contribution in [2.24, 2.45) is 0 Å². The highest BCUT2D eigenvalue weighted by Crippen LogP contribution is 2.30. The largest absolute Gasteiger partial charge is 0.361 e. The van der Waals surface area contributed by atoms with Crippen LogP contribution in [0, 0.1) is 0 Å². The average Bonchev–Trinajstić information content (AvgIpc) is 3.42. The summed E-state index contributed by atoms with van der Waals surface area (Å²) in [7, 11) is 2.79. The molecule has 8 nitrogen and oxygen atoms in total. The van der Waals surface area contributed by atoms with Gasteiger partial charge in [-0.1, -0.05) is 36.4 Å². The van der Waals surface area contributed by atoms with E-state index in [1.54, 1.807) is 0 Å². The van der Waals surface area contributed by atoms with Crippen molar-refractivity contribution in [3.63, 3.8) is 0 Å². The van der Waals surface area contributed by atoms with Gasteiger partial charge < -0.3 is 9.97 Å². The number of carbonyl (C=O) groups excluding carboxylic acids is 2. The van der Waals surface area contributed by atoms with Gasteiger partial charge in [-0.3, -0.25) is 19.3 Å². The lowest BCUT2D eigenvalue weighted by Gasteiger charge is -2.22. The van der Waals surface area contributed by atoms with Crippen LogP contribution in [0.1, 0.15) is 11.1 Å². The molecule has 172 valence electrons. The second kappa shape index (κ2) is 10.6. The van der Waals surface area contributed by atoms with Gasteiger partial charge in [-0.2, -0.15) is 0 Å². The van der Waals surface area contributed by atoms with Crippen LogP contribution >= 0.6 is 11.8 Å². The number of aromatic amines is 2. The number of thioether (sulfide) groups is 1. The molecule has 2 aromatic carbocycles. The van der Waals surface area contributed by atoms with Crippen molar-refractivity contribution >= 4 is 45.4 Å². The number of carbonyl (C=O) groups is 2. The van der Waals surface area contributed by atoms with E-state index in [1.165, 1.54) is 26.0 Å². The van der Waals surface area contributed by atoms with E-state index in [0.29, 0.717) is 12.8 Å². The Morgan fingerprint density at radius 1 is 0.788 bits per heavy atom. The van der Waals surface area contributed by atoms with E-state index in [2.05, 4.69) is 20.9 Å². The number of rotatable bonds is 10. The van der Waals surface area contributed by atoms with Gasteiger partial charge in [-0.15, -0.1) is 11.8 Å². The SMILES string of the molecule is CONC(=O)C(Cc1c[nH]c2ccccc12)SC(Cc1c[nH]c2ccccc12)C(=O)NOC. The van der Waals surface area contributed by atoms with Crippen LogP contribution in [0.4, 0.5) is 0 Å². The molecule has 2 aromatic heterocycles. The Bertz CT molecular complexity index is 1160. The molecule has 2 atom stereocenters. The molecule has 2 unspecified atom stereocenters. The second-order valence-electron chi connectivity index (χ2n) is 7.58. The summed E-state index contributed by atoms with van der Waals surface area (Å²) in [5.74, 6) is -0.608. The monoisotopic (exact) mass is 466 g/mol. The summed E-state index contributed by atoms with van der Waals surface area (Å²) in [5, 5.41) is 0.953. The van der Waals surface area contributed by atoms with E-state index in [9.17, 15) is 9.59 Å². The summed E-state index contributed by atoms with van der Waals surface area (Å²) in [6.45, 7) is 0. The molecule has 0 saturated heterocycles. The van der Waals surface area contributed by atoms with Crippen LogP contribution in [0.2, 0.25) is 0 Å². The van der Waals surface area contributed by atoms with Gasteiger partial charge in [0.1, 0.15) is 0 Å². The molecular formula is C24H26N4O4S. The molecular weight excluding hydrogens is 440 g/mol. The van der Waals surface area contributed by atoms with Gasteiger partial charge in [0, 0.05) is 34.2 Å². The maximum absolute atomic E-state index is 12.9. The molecule has 2 heterocycles. The fourth-order valence-electron chi connectivity index (χ4n) is 3.94. The number of hydrogen-bond acceptors (Lipinski definition) is 5. The number of para-hydroxylation sites is 2. The molecule has 0 bridgehead atoms. The van der Waals surface area contributed by atoms with Crippen molar-refractivity contribution in [1.82, 2.24) is 20.9 Å². The van der Waals surface area contributed by atoms with Crippen LogP contribution in [0.15, 0.2) is 60.9 Å². The summed E-state index contributed by atoms with van der Waals surface area (Å²) in [6.07, 6.45) is 4.66. The zero-order valence-electron chi connectivity index (χ0n) is 18.4. The Morgan fingerprint density at radius 3 is 1.64 bits per heavy atom. The first-order valence-corrected chi connectivity index (χ1v) is 11.5. The lowest BCUT2D eigenvalue weighted by Crippen LogP contribution is -2.39. The number of hydroxylamine groups is 2. The lowest BCUT2D eigenvalue weighted by atomic mass is 10.1. The smallest absolute Gasteiger partial charge is 0.256 e. The number of nitrogens with one attached hydrogen (secondary N) is 4. The number of H-pyrrole nitrogens is 2. The van der Waals surface area contributed by atoms with Crippen LogP contribution in [0.5, 0.6) is 0 Å². The Labute approximate surface area is 195 Å². The molecule has 0 aliphatic rings. The third-order valence-electron chi connectivity index (χ3n) is 5.48. The molecule has 0 saturated carbocycles. The van der Waals surface area contributed by atoms with Gasteiger partial charge in [0.15, 0.2) is 0 Å². The Hall–Kier alpha value is -3.27. The number of benzene rings is 2. The van der Waals surface area contributed by atoms with Crippen molar-refractivity contribution in [1.29, 1.82) is 0 Å². The highest BCUT2D eigenvalue weighted by molar-refractivity contribution is 8.01. The molecule has 9 heteroatoms. The molecule has 33 heavy (non-hydrogen) atoms. The summed E-state index contributed by atoms with van der Waals surface area (Å²) < 4.78 is 0. The average molecular weight is 467 g/mol. The number of hydrogen-bond donors (Lipinski definition) is 4.